The topological polar surface area (TPSA) is 102 Å². The summed E-state index contributed by atoms with van der Waals surface area (Å²) in [6.07, 6.45) is 1.22. The number of hydrogen-bond donors (Lipinski definition) is 1. The van der Waals surface area contributed by atoms with E-state index in [4.69, 9.17) is 4.74 Å². The number of hydrogen-bond acceptors (Lipinski definition) is 5. The van der Waals surface area contributed by atoms with E-state index in [1.165, 1.54) is 36.4 Å². The first-order valence-electron chi connectivity index (χ1n) is 9.61. The van der Waals surface area contributed by atoms with Gasteiger partial charge in [-0.1, -0.05) is 52.3 Å². The summed E-state index contributed by atoms with van der Waals surface area (Å²) in [7, 11) is 0. The van der Waals surface area contributed by atoms with Gasteiger partial charge >= 0.3 is 5.69 Å². The number of carbonyl (C=O) groups excluding carboxylic acids is 2. The van der Waals surface area contributed by atoms with Crippen molar-refractivity contribution in [1.82, 2.24) is 5.43 Å². The van der Waals surface area contributed by atoms with Crippen LogP contribution in [-0.2, 0) is 16.2 Å². The number of nitrogens with one attached hydrogen (secondary N) is 1. The number of hydrazine groups is 1. The van der Waals surface area contributed by atoms with Crippen molar-refractivity contribution < 1.29 is 23.6 Å². The number of carbonyl (C=O) groups is 2. The first kappa shape index (κ1) is 22.2. The van der Waals surface area contributed by atoms with Gasteiger partial charge in [-0.15, -0.1) is 0 Å². The monoisotopic (exact) mass is 511 g/mol. The van der Waals surface area contributed by atoms with Crippen LogP contribution in [0.25, 0.3) is 6.08 Å². The van der Waals surface area contributed by atoms with Crippen LogP contribution < -0.4 is 15.2 Å². The Bertz CT molecular complexity index is 1300. The minimum Gasteiger partial charge on any atom is -0.481 e. The normalized spacial score (nSPS) is 14.5. The van der Waals surface area contributed by atoms with Crippen molar-refractivity contribution in [2.24, 2.45) is 0 Å². The number of nitrogens with zero attached hydrogens (tertiary/aromatic N) is 2. The molecule has 0 spiro atoms. The Morgan fingerprint density at radius 1 is 1.09 bits per heavy atom. The highest BCUT2D eigenvalue weighted by Crippen LogP contribution is 2.37. The summed E-state index contributed by atoms with van der Waals surface area (Å²) in [4.78, 5) is 36.4. The van der Waals surface area contributed by atoms with Gasteiger partial charge < -0.3 is 4.74 Å². The quantitative estimate of drug-likeness (QED) is 0.226. The van der Waals surface area contributed by atoms with Gasteiger partial charge in [0.15, 0.2) is 0 Å². The number of benzene rings is 3. The molecule has 10 heteroatoms. The highest BCUT2D eigenvalue weighted by molar-refractivity contribution is 9.10. The molecule has 0 unspecified atom stereocenters. The van der Waals surface area contributed by atoms with Crippen LogP contribution in [0.4, 0.5) is 15.8 Å². The molecule has 1 saturated heterocycles. The SMILES string of the molecule is O=C1NN(c2ccccc2)C(=O)/C1=C\c1cc(Br)cc([N+](=O)[O-])c1OCc1ccccc1F. The molecule has 0 aromatic heterocycles. The molecule has 1 heterocycles. The summed E-state index contributed by atoms with van der Waals surface area (Å²) in [6, 6.07) is 17.0. The second-order valence-electron chi connectivity index (χ2n) is 6.96. The molecule has 0 atom stereocenters. The zero-order chi connectivity index (χ0) is 23.5. The van der Waals surface area contributed by atoms with Gasteiger partial charge in [0.25, 0.3) is 11.8 Å². The Balaban J connectivity index is 1.74. The van der Waals surface area contributed by atoms with Gasteiger partial charge in [0.1, 0.15) is 18.0 Å². The summed E-state index contributed by atoms with van der Waals surface area (Å²) in [5.41, 5.74) is 2.59. The fourth-order valence-corrected chi connectivity index (χ4v) is 3.70. The first-order valence-corrected chi connectivity index (χ1v) is 10.4. The third kappa shape index (κ3) is 4.60. The average Bonchev–Trinajstić information content (AvgIpc) is 3.08. The van der Waals surface area contributed by atoms with Gasteiger partial charge in [0.2, 0.25) is 5.75 Å². The molecule has 3 aromatic carbocycles. The highest BCUT2D eigenvalue weighted by Gasteiger charge is 2.35. The minimum atomic E-state index is -0.675. The molecular formula is C23H15BrFN3O5. The van der Waals surface area contributed by atoms with Crippen molar-refractivity contribution in [3.8, 4) is 5.75 Å². The number of nitro benzene ring substituents is 1. The highest BCUT2D eigenvalue weighted by atomic mass is 79.9. The van der Waals surface area contributed by atoms with Gasteiger partial charge in [0.05, 0.1) is 10.6 Å². The number of anilines is 1. The van der Waals surface area contributed by atoms with Crippen molar-refractivity contribution in [3.05, 3.63) is 104 Å². The predicted molar refractivity (Wildman–Crippen MR) is 122 cm³/mol. The van der Waals surface area contributed by atoms with E-state index in [1.807, 2.05) is 0 Å². The van der Waals surface area contributed by atoms with E-state index in [9.17, 15) is 24.1 Å². The van der Waals surface area contributed by atoms with Crippen molar-refractivity contribution >= 4 is 45.2 Å². The molecule has 0 saturated carbocycles. The molecule has 1 fully saturated rings. The smallest absolute Gasteiger partial charge is 0.312 e. The molecule has 0 aliphatic carbocycles. The third-order valence-corrected chi connectivity index (χ3v) is 5.25. The molecule has 3 aromatic rings. The lowest BCUT2D eigenvalue weighted by Gasteiger charge is -2.14. The lowest BCUT2D eigenvalue weighted by atomic mass is 10.1. The number of para-hydroxylation sites is 1. The van der Waals surface area contributed by atoms with Crippen LogP contribution in [0, 0.1) is 15.9 Å². The maximum Gasteiger partial charge on any atom is 0.312 e. The van der Waals surface area contributed by atoms with Gasteiger partial charge in [-0.3, -0.25) is 25.1 Å². The fraction of sp³-hybridized carbons (Fsp3) is 0.0435. The number of rotatable bonds is 6. The van der Waals surface area contributed by atoms with E-state index >= 15 is 0 Å². The van der Waals surface area contributed by atoms with E-state index in [2.05, 4.69) is 21.4 Å². The summed E-state index contributed by atoms with van der Waals surface area (Å²) < 4.78 is 20.0. The van der Waals surface area contributed by atoms with Gasteiger partial charge in [-0.2, -0.15) is 0 Å². The van der Waals surface area contributed by atoms with E-state index in [-0.39, 0.29) is 29.1 Å². The summed E-state index contributed by atoms with van der Waals surface area (Å²) >= 11 is 3.21. The maximum atomic E-state index is 14.0. The third-order valence-electron chi connectivity index (χ3n) is 4.80. The number of halogens is 2. The molecule has 0 radical (unpaired) electrons. The maximum absolute atomic E-state index is 14.0. The van der Waals surface area contributed by atoms with Crippen LogP contribution in [0.15, 0.2) is 76.8 Å². The van der Waals surface area contributed by atoms with E-state index in [0.717, 1.165) is 5.01 Å². The first-order chi connectivity index (χ1) is 15.8. The lowest BCUT2D eigenvalue weighted by molar-refractivity contribution is -0.386. The summed E-state index contributed by atoms with van der Waals surface area (Å²) in [5, 5.41) is 12.7. The van der Waals surface area contributed by atoms with E-state index in [1.54, 1.807) is 36.4 Å². The Kier molecular flexibility index (Phi) is 6.18. The van der Waals surface area contributed by atoms with Crippen molar-refractivity contribution in [2.45, 2.75) is 6.61 Å². The van der Waals surface area contributed by atoms with Crippen molar-refractivity contribution in [1.29, 1.82) is 0 Å². The zero-order valence-corrected chi connectivity index (χ0v) is 18.4. The van der Waals surface area contributed by atoms with Crippen LogP contribution in [0.5, 0.6) is 5.75 Å². The molecule has 8 nitrogen and oxygen atoms in total. The molecule has 0 bridgehead atoms. The molecule has 166 valence electrons. The zero-order valence-electron chi connectivity index (χ0n) is 16.8. The number of nitro groups is 1. The van der Waals surface area contributed by atoms with Crippen LogP contribution in [0.3, 0.4) is 0 Å². The second-order valence-corrected chi connectivity index (χ2v) is 7.87. The molecule has 1 aliphatic heterocycles. The number of ether oxygens (including phenoxy) is 1. The largest absolute Gasteiger partial charge is 0.481 e. The molecule has 33 heavy (non-hydrogen) atoms. The fourth-order valence-electron chi connectivity index (χ4n) is 3.24. The summed E-state index contributed by atoms with van der Waals surface area (Å²) in [6.45, 7) is -0.290. The Labute approximate surface area is 195 Å². The van der Waals surface area contributed by atoms with Crippen LogP contribution in [0.1, 0.15) is 11.1 Å². The molecule has 1 aliphatic rings. The number of amides is 2. The van der Waals surface area contributed by atoms with Crippen molar-refractivity contribution in [3.63, 3.8) is 0 Å². The average molecular weight is 512 g/mol. The predicted octanol–water partition coefficient (Wildman–Crippen LogP) is 4.54. The van der Waals surface area contributed by atoms with Gasteiger partial charge in [-0.25, -0.2) is 9.40 Å². The van der Waals surface area contributed by atoms with E-state index in [0.29, 0.717) is 10.2 Å². The van der Waals surface area contributed by atoms with Crippen molar-refractivity contribution in [2.75, 3.05) is 5.01 Å². The minimum absolute atomic E-state index is 0.112. The molecule has 2 amide bonds. The standard InChI is InChI=1S/C23H15BrFN3O5/c24-16-10-15(11-18-22(29)26-27(23(18)30)17-7-2-1-3-8-17)21(20(12-16)28(31)32)33-13-14-6-4-5-9-19(14)25/h1-12H,13H2,(H,26,29)/b18-11-. The Morgan fingerprint density at radius 2 is 1.79 bits per heavy atom. The Hall–Kier alpha value is -4.05. The lowest BCUT2D eigenvalue weighted by Crippen LogP contribution is -2.35. The Morgan fingerprint density at radius 3 is 2.48 bits per heavy atom. The van der Waals surface area contributed by atoms with Crippen LogP contribution in [0.2, 0.25) is 0 Å². The molecular weight excluding hydrogens is 497 g/mol. The van der Waals surface area contributed by atoms with Crippen LogP contribution in [-0.4, -0.2) is 16.7 Å². The van der Waals surface area contributed by atoms with Crippen LogP contribution >= 0.6 is 15.9 Å². The molecule has 1 N–H and O–H groups in total. The van der Waals surface area contributed by atoms with Gasteiger partial charge in [-0.05, 0) is 30.3 Å². The second kappa shape index (κ2) is 9.21. The molecule has 4 rings (SSSR count). The van der Waals surface area contributed by atoms with Gasteiger partial charge in [0, 0.05) is 21.7 Å². The van der Waals surface area contributed by atoms with E-state index < -0.39 is 28.2 Å². The summed E-state index contributed by atoms with van der Waals surface area (Å²) in [5.74, 6) is -2.03.